The Bertz CT molecular complexity index is 176. The summed E-state index contributed by atoms with van der Waals surface area (Å²) in [6, 6.07) is 1.50. The average Bonchev–Trinajstić information content (AvgIpc) is 1.82. The summed E-state index contributed by atoms with van der Waals surface area (Å²) in [5, 5.41) is 18.0. The van der Waals surface area contributed by atoms with Crippen molar-refractivity contribution in [3.63, 3.8) is 0 Å². The van der Waals surface area contributed by atoms with Gasteiger partial charge in [0.25, 0.3) is 0 Å². The minimum atomic E-state index is -1.40. The zero-order valence-corrected chi connectivity index (χ0v) is 5.05. The molecule has 0 bridgehead atoms. The van der Waals surface area contributed by atoms with E-state index >= 15 is 0 Å². The van der Waals surface area contributed by atoms with E-state index in [1.807, 2.05) is 0 Å². The molecule has 3 heteroatoms. The number of nitriles is 1. The van der Waals surface area contributed by atoms with E-state index in [2.05, 4.69) is 0 Å². The summed E-state index contributed by atoms with van der Waals surface area (Å²) in [5.41, 5.74) is -0.294. The van der Waals surface area contributed by atoms with Gasteiger partial charge < -0.3 is 9.90 Å². The number of carbonyl (C=O) groups is 1. The fraction of sp³-hybridized carbons (Fsp3) is 0.333. The van der Waals surface area contributed by atoms with E-state index in [1.54, 1.807) is 6.92 Å². The monoisotopic (exact) mass is 124 g/mol. The second kappa shape index (κ2) is 3.67. The molecule has 0 atom stereocenters. The molecular weight excluding hydrogens is 118 g/mol. The van der Waals surface area contributed by atoms with Crippen LogP contribution >= 0.6 is 0 Å². The summed E-state index contributed by atoms with van der Waals surface area (Å²) in [6.45, 7) is 1.75. The lowest BCUT2D eigenvalue weighted by molar-refractivity contribution is -0.298. The van der Waals surface area contributed by atoms with Gasteiger partial charge in [-0.2, -0.15) is 5.26 Å². The minimum Gasteiger partial charge on any atom is -0.544 e. The molecule has 0 saturated heterocycles. The first-order chi connectivity index (χ1) is 4.22. The first-order valence-electron chi connectivity index (χ1n) is 2.54. The normalized spacial score (nSPS) is 10.4. The molecule has 0 amide bonds. The Kier molecular flexibility index (Phi) is 3.14. The van der Waals surface area contributed by atoms with Crippen LogP contribution in [0.3, 0.4) is 0 Å². The quantitative estimate of drug-likeness (QED) is 0.371. The number of carboxylic acid groups (broad SMARTS) is 1. The molecule has 0 aliphatic heterocycles. The van der Waals surface area contributed by atoms with Crippen LogP contribution < -0.4 is 5.11 Å². The molecule has 0 N–H and O–H groups in total. The average molecular weight is 124 g/mol. The van der Waals surface area contributed by atoms with E-state index in [0.29, 0.717) is 6.42 Å². The molecule has 0 rings (SSSR count). The van der Waals surface area contributed by atoms with Gasteiger partial charge in [-0.05, 0) is 6.42 Å². The van der Waals surface area contributed by atoms with Crippen molar-refractivity contribution in [3.05, 3.63) is 11.6 Å². The standard InChI is InChI=1S/C6H7NO2/c1-2-3-5(4-7)6(8)9/h3H,2H2,1H3,(H,8,9)/p-1. The molecule has 0 heterocycles. The van der Waals surface area contributed by atoms with Crippen LogP contribution in [0, 0.1) is 11.3 Å². The second-order valence-electron chi connectivity index (χ2n) is 1.43. The first kappa shape index (κ1) is 7.70. The lowest BCUT2D eigenvalue weighted by Gasteiger charge is -1.94. The first-order valence-corrected chi connectivity index (χ1v) is 2.54. The summed E-state index contributed by atoms with van der Waals surface area (Å²) in [7, 11) is 0. The Balaban J connectivity index is 4.20. The van der Waals surface area contributed by atoms with Gasteiger partial charge in [0.05, 0.1) is 11.5 Å². The number of hydrogen-bond donors (Lipinski definition) is 0. The number of aliphatic carboxylic acids is 1. The number of carbonyl (C=O) groups excluding carboxylic acids is 1. The minimum absolute atomic E-state index is 0.294. The molecule has 0 unspecified atom stereocenters. The van der Waals surface area contributed by atoms with Crippen LogP contribution in [0.15, 0.2) is 11.6 Å². The number of carboxylic acids is 1. The SMILES string of the molecule is CCC=C(C#N)C(=O)[O-]. The van der Waals surface area contributed by atoms with Crippen LogP contribution in [0.5, 0.6) is 0 Å². The molecule has 0 aliphatic carbocycles. The zero-order chi connectivity index (χ0) is 7.28. The smallest absolute Gasteiger partial charge is 0.101 e. The predicted molar refractivity (Wildman–Crippen MR) is 29.0 cm³/mol. The van der Waals surface area contributed by atoms with Crippen LogP contribution in [0.1, 0.15) is 13.3 Å². The Morgan fingerprint density at radius 3 is 2.56 bits per heavy atom. The number of hydrogen-bond acceptors (Lipinski definition) is 3. The number of allylic oxidation sites excluding steroid dienone is 1. The molecule has 0 spiro atoms. The predicted octanol–water partition coefficient (Wildman–Crippen LogP) is -0.404. The van der Waals surface area contributed by atoms with Gasteiger partial charge in [0.1, 0.15) is 6.07 Å². The maximum Gasteiger partial charge on any atom is 0.101 e. The van der Waals surface area contributed by atoms with Crippen molar-refractivity contribution < 1.29 is 9.90 Å². The molecule has 0 aromatic carbocycles. The summed E-state index contributed by atoms with van der Waals surface area (Å²) in [4.78, 5) is 9.92. The lowest BCUT2D eigenvalue weighted by atomic mass is 10.2. The van der Waals surface area contributed by atoms with Gasteiger partial charge in [-0.1, -0.05) is 13.0 Å². The Labute approximate surface area is 53.2 Å². The Morgan fingerprint density at radius 1 is 1.89 bits per heavy atom. The van der Waals surface area contributed by atoms with Crippen molar-refractivity contribution >= 4 is 5.97 Å². The van der Waals surface area contributed by atoms with Crippen molar-refractivity contribution in [2.45, 2.75) is 13.3 Å². The van der Waals surface area contributed by atoms with E-state index in [1.165, 1.54) is 12.1 Å². The maximum absolute atomic E-state index is 9.92. The number of rotatable bonds is 2. The topological polar surface area (TPSA) is 63.9 Å². The van der Waals surface area contributed by atoms with Crippen LogP contribution in [0.4, 0.5) is 0 Å². The molecule has 3 nitrogen and oxygen atoms in total. The molecule has 9 heavy (non-hydrogen) atoms. The molecular formula is C6H6NO2-. The molecule has 0 aromatic rings. The Morgan fingerprint density at radius 2 is 2.44 bits per heavy atom. The fourth-order valence-corrected chi connectivity index (χ4v) is 0.379. The van der Waals surface area contributed by atoms with Crippen molar-refractivity contribution in [2.24, 2.45) is 0 Å². The summed E-state index contributed by atoms with van der Waals surface area (Å²) in [5.74, 6) is -1.40. The van der Waals surface area contributed by atoms with Gasteiger partial charge in [-0.15, -0.1) is 0 Å². The van der Waals surface area contributed by atoms with E-state index in [-0.39, 0.29) is 5.57 Å². The van der Waals surface area contributed by atoms with Crippen molar-refractivity contribution in [2.75, 3.05) is 0 Å². The third kappa shape index (κ3) is 2.50. The number of nitrogens with zero attached hydrogens (tertiary/aromatic N) is 1. The molecule has 0 aromatic heterocycles. The third-order valence-electron chi connectivity index (χ3n) is 0.749. The van der Waals surface area contributed by atoms with Crippen LogP contribution in [-0.2, 0) is 4.79 Å². The van der Waals surface area contributed by atoms with Crippen molar-refractivity contribution in [1.82, 2.24) is 0 Å². The van der Waals surface area contributed by atoms with Gasteiger partial charge in [-0.3, -0.25) is 0 Å². The molecule has 48 valence electrons. The third-order valence-corrected chi connectivity index (χ3v) is 0.749. The molecule has 0 radical (unpaired) electrons. The maximum atomic E-state index is 9.92. The van der Waals surface area contributed by atoms with Crippen molar-refractivity contribution in [1.29, 1.82) is 5.26 Å². The van der Waals surface area contributed by atoms with Crippen LogP contribution in [0.25, 0.3) is 0 Å². The molecule has 0 aliphatic rings. The second-order valence-corrected chi connectivity index (χ2v) is 1.43. The van der Waals surface area contributed by atoms with E-state index in [4.69, 9.17) is 5.26 Å². The summed E-state index contributed by atoms with van der Waals surface area (Å²) in [6.07, 6.45) is 1.85. The van der Waals surface area contributed by atoms with Gasteiger partial charge in [0, 0.05) is 0 Å². The van der Waals surface area contributed by atoms with Gasteiger partial charge in [0.15, 0.2) is 0 Å². The van der Waals surface area contributed by atoms with Crippen LogP contribution in [-0.4, -0.2) is 5.97 Å². The van der Waals surface area contributed by atoms with Gasteiger partial charge in [0.2, 0.25) is 0 Å². The largest absolute Gasteiger partial charge is 0.544 e. The van der Waals surface area contributed by atoms with E-state index in [0.717, 1.165) is 0 Å². The highest BCUT2D eigenvalue weighted by atomic mass is 16.4. The van der Waals surface area contributed by atoms with Gasteiger partial charge >= 0.3 is 0 Å². The van der Waals surface area contributed by atoms with E-state index in [9.17, 15) is 9.90 Å². The molecule has 0 saturated carbocycles. The van der Waals surface area contributed by atoms with Gasteiger partial charge in [-0.25, -0.2) is 0 Å². The highest BCUT2D eigenvalue weighted by molar-refractivity contribution is 5.89. The highest BCUT2D eigenvalue weighted by Crippen LogP contribution is 1.91. The molecule has 0 fully saturated rings. The van der Waals surface area contributed by atoms with E-state index < -0.39 is 5.97 Å². The zero-order valence-electron chi connectivity index (χ0n) is 5.05. The Hall–Kier alpha value is -1.30. The van der Waals surface area contributed by atoms with Crippen LogP contribution in [0.2, 0.25) is 0 Å². The highest BCUT2D eigenvalue weighted by Gasteiger charge is 1.91. The summed E-state index contributed by atoms with van der Waals surface area (Å²) >= 11 is 0. The fourth-order valence-electron chi connectivity index (χ4n) is 0.379. The van der Waals surface area contributed by atoms with Crippen molar-refractivity contribution in [3.8, 4) is 6.07 Å². The summed E-state index contributed by atoms with van der Waals surface area (Å²) < 4.78 is 0. The lowest BCUT2D eigenvalue weighted by Crippen LogP contribution is -2.23.